The van der Waals surface area contributed by atoms with E-state index in [1.165, 1.54) is 6.26 Å². The van der Waals surface area contributed by atoms with Gasteiger partial charge in [-0.3, -0.25) is 9.69 Å². The maximum Gasteiger partial charge on any atom is 0.200 e. The Kier molecular flexibility index (Phi) is 5.87. The molecule has 1 saturated heterocycles. The normalized spacial score (nSPS) is 15.1. The number of nitrogens with zero attached hydrogens (tertiary/aromatic N) is 1. The van der Waals surface area contributed by atoms with E-state index in [-0.39, 0.29) is 5.43 Å². The molecule has 0 spiro atoms. The summed E-state index contributed by atoms with van der Waals surface area (Å²) in [6, 6.07) is 10.3. The number of rotatable bonds is 5. The van der Waals surface area contributed by atoms with E-state index in [1.807, 2.05) is 0 Å². The minimum Gasteiger partial charge on any atom is -0.492 e. The van der Waals surface area contributed by atoms with Gasteiger partial charge in [0.2, 0.25) is 5.43 Å². The molecule has 1 aromatic heterocycles. The van der Waals surface area contributed by atoms with Gasteiger partial charge >= 0.3 is 0 Å². The molecule has 3 aromatic rings. The first-order valence-corrected chi connectivity index (χ1v) is 9.94. The molecule has 1 fully saturated rings. The molecular formula is C21H20Cl2N2O3. The van der Waals surface area contributed by atoms with E-state index in [4.69, 9.17) is 32.4 Å². The third kappa shape index (κ3) is 4.18. The predicted octanol–water partition coefficient (Wildman–Crippen LogP) is 4.05. The Balaban J connectivity index is 1.53. The average Bonchev–Trinajstić information content (AvgIpc) is 2.70. The van der Waals surface area contributed by atoms with Gasteiger partial charge in [-0.2, -0.15) is 0 Å². The second kappa shape index (κ2) is 8.53. The number of nitrogens with one attached hydrogen (secondary N) is 1. The fraction of sp³-hybridized carbons (Fsp3) is 0.286. The standard InChI is InChI=1S/C21H20Cl2N2O3/c22-14-1-3-16(19(23)11-14)18-13-28-20-12-15(2-4-17(20)21(18)26)27-10-9-25-7-5-24-6-8-25/h1-4,11-13,24H,5-10H2. The molecule has 5 nitrogen and oxygen atoms in total. The van der Waals surface area contributed by atoms with Crippen LogP contribution in [0.2, 0.25) is 10.0 Å². The molecule has 0 unspecified atom stereocenters. The summed E-state index contributed by atoms with van der Waals surface area (Å²) in [7, 11) is 0. The molecule has 0 saturated carbocycles. The van der Waals surface area contributed by atoms with E-state index in [0.29, 0.717) is 44.5 Å². The highest BCUT2D eigenvalue weighted by molar-refractivity contribution is 6.36. The fourth-order valence-electron chi connectivity index (χ4n) is 3.32. The molecule has 1 aliphatic heterocycles. The number of hydrogen-bond donors (Lipinski definition) is 1. The van der Waals surface area contributed by atoms with E-state index >= 15 is 0 Å². The summed E-state index contributed by atoms with van der Waals surface area (Å²) in [5, 5.41) is 4.74. The first-order chi connectivity index (χ1) is 13.6. The molecule has 0 aliphatic carbocycles. The molecule has 146 valence electrons. The maximum atomic E-state index is 12.9. The van der Waals surface area contributed by atoms with Crippen molar-refractivity contribution in [3.05, 3.63) is 62.9 Å². The molecule has 1 N–H and O–H groups in total. The Morgan fingerprint density at radius 2 is 1.89 bits per heavy atom. The second-order valence-electron chi connectivity index (χ2n) is 6.70. The molecule has 4 rings (SSSR count). The topological polar surface area (TPSA) is 54.7 Å². The highest BCUT2D eigenvalue weighted by Gasteiger charge is 2.13. The average molecular weight is 419 g/mol. The lowest BCUT2D eigenvalue weighted by Gasteiger charge is -2.26. The number of halogens is 2. The van der Waals surface area contributed by atoms with Gasteiger partial charge in [0.05, 0.1) is 16.0 Å². The van der Waals surface area contributed by atoms with Crippen molar-refractivity contribution in [1.29, 1.82) is 0 Å². The number of piperazine rings is 1. The zero-order valence-electron chi connectivity index (χ0n) is 15.2. The number of fused-ring (bicyclic) bond motifs is 1. The molecule has 0 bridgehead atoms. The molecule has 2 heterocycles. The lowest BCUT2D eigenvalue weighted by atomic mass is 10.1. The summed E-state index contributed by atoms with van der Waals surface area (Å²) in [5.41, 5.74) is 1.34. The van der Waals surface area contributed by atoms with Crippen LogP contribution in [0.4, 0.5) is 0 Å². The van der Waals surface area contributed by atoms with Gasteiger partial charge in [0, 0.05) is 49.4 Å². The summed E-state index contributed by atoms with van der Waals surface area (Å²) < 4.78 is 11.6. The van der Waals surface area contributed by atoms with E-state index in [1.54, 1.807) is 36.4 Å². The molecule has 1 aliphatic rings. The summed E-state index contributed by atoms with van der Waals surface area (Å²) in [4.78, 5) is 15.3. The molecule has 7 heteroatoms. The quantitative estimate of drug-likeness (QED) is 0.676. The molecule has 28 heavy (non-hydrogen) atoms. The number of ether oxygens (including phenoxy) is 1. The number of benzene rings is 2. The van der Waals surface area contributed by atoms with E-state index < -0.39 is 0 Å². The summed E-state index contributed by atoms with van der Waals surface area (Å²) in [6.07, 6.45) is 1.43. The van der Waals surface area contributed by atoms with Crippen LogP contribution in [0.25, 0.3) is 22.1 Å². The van der Waals surface area contributed by atoms with Crippen molar-refractivity contribution in [2.45, 2.75) is 0 Å². The van der Waals surface area contributed by atoms with Crippen LogP contribution in [0, 0.1) is 0 Å². The van der Waals surface area contributed by atoms with Gasteiger partial charge in [-0.1, -0.05) is 29.3 Å². The summed E-state index contributed by atoms with van der Waals surface area (Å²) in [5.74, 6) is 0.683. The zero-order valence-corrected chi connectivity index (χ0v) is 16.7. The van der Waals surface area contributed by atoms with E-state index in [2.05, 4.69) is 10.2 Å². The van der Waals surface area contributed by atoms with Gasteiger partial charge < -0.3 is 14.5 Å². The SMILES string of the molecule is O=c1c(-c2ccc(Cl)cc2Cl)coc2cc(OCCN3CCNCC3)ccc12. The minimum absolute atomic E-state index is 0.141. The van der Waals surface area contributed by atoms with E-state index in [0.717, 1.165) is 32.7 Å². The Morgan fingerprint density at radius 3 is 2.68 bits per heavy atom. The van der Waals surface area contributed by atoms with Crippen LogP contribution in [0.3, 0.4) is 0 Å². The molecular weight excluding hydrogens is 399 g/mol. The van der Waals surface area contributed by atoms with Crippen LogP contribution in [-0.4, -0.2) is 44.2 Å². The van der Waals surface area contributed by atoms with Crippen molar-refractivity contribution in [2.24, 2.45) is 0 Å². The highest BCUT2D eigenvalue weighted by atomic mass is 35.5. The Morgan fingerprint density at radius 1 is 1.07 bits per heavy atom. The minimum atomic E-state index is -0.141. The van der Waals surface area contributed by atoms with E-state index in [9.17, 15) is 4.79 Å². The van der Waals surface area contributed by atoms with Gasteiger partial charge in [0.15, 0.2) is 0 Å². The van der Waals surface area contributed by atoms with Crippen LogP contribution in [0.15, 0.2) is 51.9 Å². The van der Waals surface area contributed by atoms with Crippen molar-refractivity contribution < 1.29 is 9.15 Å². The molecule has 0 amide bonds. The smallest absolute Gasteiger partial charge is 0.200 e. The third-order valence-electron chi connectivity index (χ3n) is 4.85. The van der Waals surface area contributed by atoms with Crippen molar-refractivity contribution in [3.63, 3.8) is 0 Å². The van der Waals surface area contributed by atoms with Crippen LogP contribution >= 0.6 is 23.2 Å². The lowest BCUT2D eigenvalue weighted by molar-refractivity contribution is 0.191. The van der Waals surface area contributed by atoms with Crippen LogP contribution in [-0.2, 0) is 0 Å². The molecule has 0 radical (unpaired) electrons. The van der Waals surface area contributed by atoms with Crippen LogP contribution in [0.5, 0.6) is 5.75 Å². The lowest BCUT2D eigenvalue weighted by Crippen LogP contribution is -2.44. The Bertz CT molecular complexity index is 1050. The van der Waals surface area contributed by atoms with Crippen molar-refractivity contribution in [3.8, 4) is 16.9 Å². The molecule has 2 aromatic carbocycles. The van der Waals surface area contributed by atoms with Crippen LogP contribution < -0.4 is 15.5 Å². The first-order valence-electron chi connectivity index (χ1n) is 9.19. The Hall–Kier alpha value is -2.05. The highest BCUT2D eigenvalue weighted by Crippen LogP contribution is 2.30. The fourth-order valence-corrected chi connectivity index (χ4v) is 3.83. The van der Waals surface area contributed by atoms with Crippen molar-refractivity contribution in [1.82, 2.24) is 10.2 Å². The number of hydrogen-bond acceptors (Lipinski definition) is 5. The monoisotopic (exact) mass is 418 g/mol. The van der Waals surface area contributed by atoms with Gasteiger partial charge in [-0.25, -0.2) is 0 Å². The largest absolute Gasteiger partial charge is 0.492 e. The predicted molar refractivity (Wildman–Crippen MR) is 113 cm³/mol. The van der Waals surface area contributed by atoms with Crippen molar-refractivity contribution in [2.75, 3.05) is 39.3 Å². The third-order valence-corrected chi connectivity index (χ3v) is 5.40. The summed E-state index contributed by atoms with van der Waals surface area (Å²) >= 11 is 12.2. The summed E-state index contributed by atoms with van der Waals surface area (Å²) in [6.45, 7) is 5.56. The van der Waals surface area contributed by atoms with Crippen LogP contribution in [0.1, 0.15) is 0 Å². The first kappa shape index (κ1) is 19.3. The van der Waals surface area contributed by atoms with Gasteiger partial charge in [0.25, 0.3) is 0 Å². The maximum absolute atomic E-state index is 12.9. The van der Waals surface area contributed by atoms with Gasteiger partial charge in [-0.15, -0.1) is 0 Å². The molecule has 0 atom stereocenters. The Labute approximate surface area is 172 Å². The second-order valence-corrected chi connectivity index (χ2v) is 7.54. The van der Waals surface area contributed by atoms with Crippen molar-refractivity contribution >= 4 is 34.2 Å². The zero-order chi connectivity index (χ0) is 19.5. The van der Waals surface area contributed by atoms with Gasteiger partial charge in [0.1, 0.15) is 24.2 Å². The van der Waals surface area contributed by atoms with Gasteiger partial charge in [-0.05, 0) is 24.3 Å².